The van der Waals surface area contributed by atoms with Crippen LogP contribution in [0.3, 0.4) is 0 Å². The van der Waals surface area contributed by atoms with Gasteiger partial charge in [-0.1, -0.05) is 6.07 Å². The predicted molar refractivity (Wildman–Crippen MR) is 47.7 cm³/mol. The SMILES string of the molecule is Cc1cc(C)c2c(c1C)O[B]O2. The largest absolute Gasteiger partial charge is 0.658 e. The zero-order valence-electron chi connectivity index (χ0n) is 7.47. The number of rotatable bonds is 0. The van der Waals surface area contributed by atoms with Crippen LogP contribution in [0.1, 0.15) is 16.7 Å². The highest BCUT2D eigenvalue weighted by atomic mass is 16.6. The quantitative estimate of drug-likeness (QED) is 0.541. The minimum absolute atomic E-state index is 0.859. The number of benzene rings is 1. The lowest BCUT2D eigenvalue weighted by Crippen LogP contribution is -2.00. The van der Waals surface area contributed by atoms with E-state index in [1.807, 2.05) is 13.8 Å². The lowest BCUT2D eigenvalue weighted by atomic mass is 10.0. The van der Waals surface area contributed by atoms with Gasteiger partial charge >= 0.3 is 7.69 Å². The van der Waals surface area contributed by atoms with Crippen LogP contribution >= 0.6 is 0 Å². The molecule has 2 rings (SSSR count). The van der Waals surface area contributed by atoms with Crippen LogP contribution in [-0.2, 0) is 0 Å². The van der Waals surface area contributed by atoms with Gasteiger partial charge in [0.25, 0.3) is 0 Å². The molecule has 1 aromatic carbocycles. The monoisotopic (exact) mass is 161 g/mol. The van der Waals surface area contributed by atoms with Crippen molar-refractivity contribution in [2.75, 3.05) is 0 Å². The standard InChI is InChI=1S/C9H10BO2/c1-5-4-6(2)8-9(7(5)3)12-10-11-8/h4H,1-3H3. The Balaban J connectivity index is 2.69. The Labute approximate surface area is 72.8 Å². The highest BCUT2D eigenvalue weighted by Crippen LogP contribution is 2.39. The Morgan fingerprint density at radius 3 is 2.42 bits per heavy atom. The molecule has 2 nitrogen and oxygen atoms in total. The van der Waals surface area contributed by atoms with E-state index in [-0.39, 0.29) is 0 Å². The summed E-state index contributed by atoms with van der Waals surface area (Å²) in [6, 6.07) is 2.11. The number of fused-ring (bicyclic) bond motifs is 1. The fourth-order valence-electron chi connectivity index (χ4n) is 1.44. The molecule has 0 aliphatic carbocycles. The van der Waals surface area contributed by atoms with E-state index in [4.69, 9.17) is 9.31 Å². The summed E-state index contributed by atoms with van der Waals surface area (Å²) < 4.78 is 10.5. The first-order valence-corrected chi connectivity index (χ1v) is 3.96. The van der Waals surface area contributed by atoms with E-state index >= 15 is 0 Å². The van der Waals surface area contributed by atoms with Crippen LogP contribution in [0.5, 0.6) is 11.5 Å². The molecule has 0 unspecified atom stereocenters. The van der Waals surface area contributed by atoms with Gasteiger partial charge < -0.3 is 9.31 Å². The van der Waals surface area contributed by atoms with E-state index in [1.165, 1.54) is 13.2 Å². The van der Waals surface area contributed by atoms with Gasteiger partial charge in [-0.3, -0.25) is 0 Å². The van der Waals surface area contributed by atoms with E-state index in [0.717, 1.165) is 22.6 Å². The van der Waals surface area contributed by atoms with Crippen molar-refractivity contribution in [2.45, 2.75) is 20.8 Å². The maximum Gasteiger partial charge on any atom is 0.658 e. The van der Waals surface area contributed by atoms with Crippen LogP contribution in [-0.4, -0.2) is 7.69 Å². The Morgan fingerprint density at radius 1 is 1.00 bits per heavy atom. The van der Waals surface area contributed by atoms with Gasteiger partial charge in [-0.2, -0.15) is 0 Å². The summed E-state index contributed by atoms with van der Waals surface area (Å²) in [5.74, 6) is 1.73. The van der Waals surface area contributed by atoms with Crippen molar-refractivity contribution in [3.8, 4) is 11.5 Å². The topological polar surface area (TPSA) is 18.5 Å². The summed E-state index contributed by atoms with van der Waals surface area (Å²) in [7, 11) is 1.38. The molecule has 0 aromatic heterocycles. The van der Waals surface area contributed by atoms with Gasteiger partial charge in [0.05, 0.1) is 0 Å². The first-order chi connectivity index (χ1) is 5.70. The molecular weight excluding hydrogens is 151 g/mol. The van der Waals surface area contributed by atoms with E-state index in [0.29, 0.717) is 0 Å². The lowest BCUT2D eigenvalue weighted by molar-refractivity contribution is 0.539. The van der Waals surface area contributed by atoms with E-state index < -0.39 is 0 Å². The Kier molecular flexibility index (Phi) is 1.53. The van der Waals surface area contributed by atoms with Gasteiger partial charge in [-0.15, -0.1) is 0 Å². The molecular formula is C9H10BO2. The van der Waals surface area contributed by atoms with Crippen molar-refractivity contribution in [3.05, 3.63) is 22.8 Å². The molecule has 0 atom stereocenters. The normalized spacial score (nSPS) is 12.9. The molecule has 1 aliphatic heterocycles. The molecule has 3 heteroatoms. The molecule has 0 bridgehead atoms. The summed E-state index contributed by atoms with van der Waals surface area (Å²) in [6.45, 7) is 6.13. The molecule has 0 N–H and O–H groups in total. The van der Waals surface area contributed by atoms with E-state index in [2.05, 4.69) is 13.0 Å². The van der Waals surface area contributed by atoms with Crippen molar-refractivity contribution >= 4 is 7.69 Å². The van der Waals surface area contributed by atoms with Gasteiger partial charge in [-0.05, 0) is 37.5 Å². The zero-order chi connectivity index (χ0) is 8.72. The molecule has 12 heavy (non-hydrogen) atoms. The molecule has 1 aromatic rings. The molecule has 0 amide bonds. The highest BCUT2D eigenvalue weighted by Gasteiger charge is 2.21. The molecule has 0 saturated heterocycles. The molecule has 1 heterocycles. The fraction of sp³-hybridized carbons (Fsp3) is 0.333. The van der Waals surface area contributed by atoms with Gasteiger partial charge in [0.15, 0.2) is 0 Å². The molecule has 61 valence electrons. The van der Waals surface area contributed by atoms with Gasteiger partial charge in [-0.25, -0.2) is 0 Å². The average Bonchev–Trinajstić information content (AvgIpc) is 2.48. The molecule has 0 saturated carbocycles. The summed E-state index contributed by atoms with van der Waals surface area (Å²) in [5, 5.41) is 0. The van der Waals surface area contributed by atoms with Crippen LogP contribution in [0.25, 0.3) is 0 Å². The Morgan fingerprint density at radius 2 is 1.67 bits per heavy atom. The molecule has 1 aliphatic rings. The second-order valence-electron chi connectivity index (χ2n) is 3.13. The summed E-state index contributed by atoms with van der Waals surface area (Å²) in [4.78, 5) is 0. The maximum atomic E-state index is 5.24. The van der Waals surface area contributed by atoms with Crippen LogP contribution < -0.4 is 9.31 Å². The second-order valence-corrected chi connectivity index (χ2v) is 3.13. The van der Waals surface area contributed by atoms with E-state index in [1.54, 1.807) is 0 Å². The molecule has 0 fully saturated rings. The van der Waals surface area contributed by atoms with Crippen molar-refractivity contribution in [2.24, 2.45) is 0 Å². The lowest BCUT2D eigenvalue weighted by Gasteiger charge is -2.08. The third kappa shape index (κ3) is 0.892. The van der Waals surface area contributed by atoms with Gasteiger partial charge in [0.2, 0.25) is 0 Å². The smallest absolute Gasteiger partial charge is 0.523 e. The first kappa shape index (κ1) is 7.53. The average molecular weight is 161 g/mol. The second kappa shape index (κ2) is 2.44. The van der Waals surface area contributed by atoms with Crippen LogP contribution in [0.4, 0.5) is 0 Å². The summed E-state index contributed by atoms with van der Waals surface area (Å²) in [6.07, 6.45) is 0. The number of hydrogen-bond acceptors (Lipinski definition) is 2. The summed E-state index contributed by atoms with van der Waals surface area (Å²) >= 11 is 0. The van der Waals surface area contributed by atoms with Crippen molar-refractivity contribution in [1.29, 1.82) is 0 Å². The predicted octanol–water partition coefficient (Wildman–Crippen LogP) is 1.92. The van der Waals surface area contributed by atoms with Crippen LogP contribution in [0, 0.1) is 20.8 Å². The van der Waals surface area contributed by atoms with Gasteiger partial charge in [0.1, 0.15) is 11.5 Å². The Bertz CT molecular complexity index is 334. The van der Waals surface area contributed by atoms with E-state index in [9.17, 15) is 0 Å². The zero-order valence-corrected chi connectivity index (χ0v) is 7.47. The third-order valence-corrected chi connectivity index (χ3v) is 2.26. The van der Waals surface area contributed by atoms with Crippen molar-refractivity contribution in [1.82, 2.24) is 0 Å². The Hall–Kier alpha value is -1.12. The number of hydrogen-bond donors (Lipinski definition) is 0. The third-order valence-electron chi connectivity index (χ3n) is 2.26. The maximum absolute atomic E-state index is 5.24. The number of aryl methyl sites for hydroxylation is 2. The van der Waals surface area contributed by atoms with Crippen LogP contribution in [0.2, 0.25) is 0 Å². The van der Waals surface area contributed by atoms with Crippen molar-refractivity contribution < 1.29 is 9.31 Å². The minimum atomic E-state index is 0.859. The van der Waals surface area contributed by atoms with Gasteiger partial charge in [0, 0.05) is 0 Å². The summed E-state index contributed by atoms with van der Waals surface area (Å²) in [5.41, 5.74) is 3.52. The fourth-order valence-corrected chi connectivity index (χ4v) is 1.44. The van der Waals surface area contributed by atoms with Crippen molar-refractivity contribution in [3.63, 3.8) is 0 Å². The van der Waals surface area contributed by atoms with Crippen LogP contribution in [0.15, 0.2) is 6.07 Å². The molecule has 0 spiro atoms. The highest BCUT2D eigenvalue weighted by molar-refractivity contribution is 6.23. The molecule has 1 radical (unpaired) electrons. The first-order valence-electron chi connectivity index (χ1n) is 3.96. The minimum Gasteiger partial charge on any atom is -0.523 e.